The molecule has 0 aliphatic carbocycles. The lowest BCUT2D eigenvalue weighted by molar-refractivity contribution is 0.121. The average Bonchev–Trinajstić information content (AvgIpc) is 2.30. The number of aromatic nitrogens is 1. The zero-order chi connectivity index (χ0) is 14.6. The summed E-state index contributed by atoms with van der Waals surface area (Å²) in [6, 6.07) is 1.85. The molecule has 5 nitrogen and oxygen atoms in total. The summed E-state index contributed by atoms with van der Waals surface area (Å²) in [4.78, 5) is 17.9. The Morgan fingerprint density at radius 2 is 1.84 bits per heavy atom. The Morgan fingerprint density at radius 1 is 1.26 bits per heavy atom. The highest BCUT2D eigenvalue weighted by molar-refractivity contribution is 14.1. The number of amides is 1. The van der Waals surface area contributed by atoms with E-state index in [4.69, 9.17) is 9.47 Å². The van der Waals surface area contributed by atoms with Gasteiger partial charge in [0, 0.05) is 18.2 Å². The largest absolute Gasteiger partial charge is 0.493 e. The van der Waals surface area contributed by atoms with E-state index in [0.717, 1.165) is 3.70 Å². The zero-order valence-corrected chi connectivity index (χ0v) is 14.0. The molecule has 0 aromatic carbocycles. The van der Waals surface area contributed by atoms with Crippen LogP contribution in [0.2, 0.25) is 0 Å². The van der Waals surface area contributed by atoms with Crippen molar-refractivity contribution in [2.75, 3.05) is 7.11 Å². The van der Waals surface area contributed by atoms with Crippen molar-refractivity contribution in [3.63, 3.8) is 0 Å². The number of pyridine rings is 1. The van der Waals surface area contributed by atoms with Gasteiger partial charge < -0.3 is 14.4 Å². The van der Waals surface area contributed by atoms with Crippen LogP contribution in [0, 0.1) is 3.70 Å². The van der Waals surface area contributed by atoms with Gasteiger partial charge in [-0.05, 0) is 50.3 Å². The second-order valence-corrected chi connectivity index (χ2v) is 5.73. The predicted octanol–water partition coefficient (Wildman–Crippen LogP) is 3.31. The Kier molecular flexibility index (Phi) is 5.84. The van der Waals surface area contributed by atoms with Crippen molar-refractivity contribution >= 4 is 28.7 Å². The molecule has 0 bridgehead atoms. The Morgan fingerprint density at radius 3 is 2.32 bits per heavy atom. The molecule has 1 rings (SSSR count). The zero-order valence-electron chi connectivity index (χ0n) is 11.8. The van der Waals surface area contributed by atoms with Crippen molar-refractivity contribution in [1.29, 1.82) is 0 Å². The quantitative estimate of drug-likeness (QED) is 0.596. The average molecular weight is 378 g/mol. The van der Waals surface area contributed by atoms with Gasteiger partial charge in [0.2, 0.25) is 0 Å². The molecule has 0 radical (unpaired) electrons. The first-order chi connectivity index (χ1) is 8.86. The highest BCUT2D eigenvalue weighted by atomic mass is 127. The fourth-order valence-electron chi connectivity index (χ4n) is 1.80. The van der Waals surface area contributed by atoms with E-state index in [-0.39, 0.29) is 12.1 Å². The lowest BCUT2D eigenvalue weighted by Gasteiger charge is -2.29. The number of ether oxygens (including phenoxy) is 2. The molecule has 0 unspecified atom stereocenters. The summed E-state index contributed by atoms with van der Waals surface area (Å²) in [5.74, 6) is 0.833. The monoisotopic (exact) mass is 378 g/mol. The van der Waals surface area contributed by atoms with E-state index in [1.807, 2.05) is 27.7 Å². The molecule has 6 heteroatoms. The standard InChI is InChI=1S/C13H19IN2O3/c1-8(2)16(9(3)4)13(17)19-11-7-15-12(14)6-10(11)18-5/h6-9H,1-5H3. The molecule has 0 aliphatic heterocycles. The van der Waals surface area contributed by atoms with Crippen LogP contribution in [0.1, 0.15) is 27.7 Å². The number of nitrogens with zero attached hydrogens (tertiary/aromatic N) is 2. The second kappa shape index (κ2) is 6.93. The summed E-state index contributed by atoms with van der Waals surface area (Å²) in [7, 11) is 1.53. The minimum atomic E-state index is -0.397. The minimum Gasteiger partial charge on any atom is -0.493 e. The van der Waals surface area contributed by atoms with Gasteiger partial charge in [0.05, 0.1) is 13.3 Å². The van der Waals surface area contributed by atoms with E-state index in [2.05, 4.69) is 27.6 Å². The van der Waals surface area contributed by atoms with Crippen molar-refractivity contribution in [3.05, 3.63) is 16.0 Å². The van der Waals surface area contributed by atoms with Crippen LogP contribution in [0.4, 0.5) is 4.79 Å². The third-order valence-corrected chi connectivity index (χ3v) is 3.13. The van der Waals surface area contributed by atoms with Crippen LogP contribution < -0.4 is 9.47 Å². The minimum absolute atomic E-state index is 0.0651. The SMILES string of the molecule is COc1cc(I)ncc1OC(=O)N(C(C)C)C(C)C. The van der Waals surface area contributed by atoms with E-state index in [1.54, 1.807) is 11.0 Å². The van der Waals surface area contributed by atoms with Crippen LogP contribution in [0.5, 0.6) is 11.5 Å². The number of methoxy groups -OCH3 is 1. The molecule has 0 atom stereocenters. The molecule has 0 fully saturated rings. The van der Waals surface area contributed by atoms with Gasteiger partial charge in [-0.15, -0.1) is 0 Å². The third-order valence-electron chi connectivity index (χ3n) is 2.54. The summed E-state index contributed by atoms with van der Waals surface area (Å²) >= 11 is 2.07. The molecule has 0 saturated heterocycles. The van der Waals surface area contributed by atoms with Crippen LogP contribution in [0.3, 0.4) is 0 Å². The third kappa shape index (κ3) is 4.22. The van der Waals surface area contributed by atoms with Gasteiger partial charge in [-0.3, -0.25) is 0 Å². The lowest BCUT2D eigenvalue weighted by atomic mass is 10.2. The molecule has 0 N–H and O–H groups in total. The number of carbonyl (C=O) groups excluding carboxylic acids is 1. The smallest absolute Gasteiger partial charge is 0.415 e. The van der Waals surface area contributed by atoms with E-state index in [0.29, 0.717) is 11.5 Å². The first-order valence-corrected chi connectivity index (χ1v) is 7.14. The van der Waals surface area contributed by atoms with Gasteiger partial charge in [0.15, 0.2) is 11.5 Å². The van der Waals surface area contributed by atoms with E-state index >= 15 is 0 Å². The summed E-state index contributed by atoms with van der Waals surface area (Å²) < 4.78 is 11.3. The highest BCUT2D eigenvalue weighted by Gasteiger charge is 2.23. The second-order valence-electron chi connectivity index (χ2n) is 4.62. The molecular formula is C13H19IN2O3. The van der Waals surface area contributed by atoms with Crippen molar-refractivity contribution < 1.29 is 14.3 Å². The molecule has 1 aromatic rings. The summed E-state index contributed by atoms with van der Waals surface area (Å²) in [6.45, 7) is 7.80. The Hall–Kier alpha value is -1.05. The van der Waals surface area contributed by atoms with Crippen molar-refractivity contribution in [3.8, 4) is 11.5 Å². The lowest BCUT2D eigenvalue weighted by Crippen LogP contribution is -2.43. The van der Waals surface area contributed by atoms with Crippen LogP contribution in [0.25, 0.3) is 0 Å². The molecule has 106 valence electrons. The van der Waals surface area contributed by atoms with Gasteiger partial charge in [0.1, 0.15) is 3.70 Å². The van der Waals surface area contributed by atoms with Crippen LogP contribution in [0.15, 0.2) is 12.3 Å². The molecule has 1 heterocycles. The summed E-state index contributed by atoms with van der Waals surface area (Å²) in [5, 5.41) is 0. The maximum Gasteiger partial charge on any atom is 0.415 e. The maximum absolute atomic E-state index is 12.2. The molecular weight excluding hydrogens is 359 g/mol. The number of carbonyl (C=O) groups is 1. The Labute approximate surface area is 127 Å². The summed E-state index contributed by atoms with van der Waals surface area (Å²) in [5.41, 5.74) is 0. The van der Waals surface area contributed by atoms with Crippen molar-refractivity contribution in [2.45, 2.75) is 39.8 Å². The normalized spacial score (nSPS) is 10.7. The predicted molar refractivity (Wildman–Crippen MR) is 81.6 cm³/mol. The number of halogens is 1. The fourth-order valence-corrected chi connectivity index (χ4v) is 2.22. The topological polar surface area (TPSA) is 51.7 Å². The van der Waals surface area contributed by atoms with Crippen LogP contribution in [-0.4, -0.2) is 35.2 Å². The first kappa shape index (κ1) is 16.0. The molecule has 0 aliphatic rings. The van der Waals surface area contributed by atoms with E-state index in [1.165, 1.54) is 13.3 Å². The van der Waals surface area contributed by atoms with Gasteiger partial charge in [0.25, 0.3) is 0 Å². The number of hydrogen-bond acceptors (Lipinski definition) is 4. The maximum atomic E-state index is 12.2. The van der Waals surface area contributed by atoms with E-state index < -0.39 is 6.09 Å². The number of rotatable bonds is 4. The first-order valence-electron chi connectivity index (χ1n) is 6.06. The molecule has 19 heavy (non-hydrogen) atoms. The highest BCUT2D eigenvalue weighted by Crippen LogP contribution is 2.27. The van der Waals surface area contributed by atoms with E-state index in [9.17, 15) is 4.79 Å². The molecule has 1 aromatic heterocycles. The van der Waals surface area contributed by atoms with Gasteiger partial charge in [-0.25, -0.2) is 9.78 Å². The van der Waals surface area contributed by atoms with Gasteiger partial charge >= 0.3 is 6.09 Å². The molecule has 1 amide bonds. The summed E-state index contributed by atoms with van der Waals surface area (Å²) in [6.07, 6.45) is 1.10. The van der Waals surface area contributed by atoms with Crippen molar-refractivity contribution in [2.24, 2.45) is 0 Å². The van der Waals surface area contributed by atoms with Crippen LogP contribution >= 0.6 is 22.6 Å². The molecule has 0 saturated carbocycles. The molecule has 0 spiro atoms. The number of hydrogen-bond donors (Lipinski definition) is 0. The fraction of sp³-hybridized carbons (Fsp3) is 0.538. The van der Waals surface area contributed by atoms with Crippen LogP contribution in [-0.2, 0) is 0 Å². The van der Waals surface area contributed by atoms with Gasteiger partial charge in [-0.2, -0.15) is 0 Å². The Balaban J connectivity index is 2.92. The van der Waals surface area contributed by atoms with Crippen molar-refractivity contribution in [1.82, 2.24) is 9.88 Å². The van der Waals surface area contributed by atoms with Gasteiger partial charge in [-0.1, -0.05) is 0 Å². The Bertz CT molecular complexity index is 442.